The van der Waals surface area contributed by atoms with E-state index in [1.54, 1.807) is 36.4 Å². The molecule has 1 aromatic heterocycles. The van der Waals surface area contributed by atoms with Crippen LogP contribution in [-0.2, 0) is 0 Å². The maximum Gasteiger partial charge on any atom is 0.143 e. The van der Waals surface area contributed by atoms with Crippen LogP contribution in [0.5, 0.6) is 0 Å². The normalized spacial score (nSPS) is 16.3. The van der Waals surface area contributed by atoms with Gasteiger partial charge in [-0.1, -0.05) is 163 Å². The number of anilines is 3. The molecule has 1 heterocycles. The summed E-state index contributed by atoms with van der Waals surface area (Å²) in [6.45, 7) is 0. The van der Waals surface area contributed by atoms with Gasteiger partial charge in [-0.15, -0.1) is 0 Å². The Morgan fingerprint density at radius 3 is 1.60 bits per heavy atom. The van der Waals surface area contributed by atoms with Crippen molar-refractivity contribution in [1.82, 2.24) is 0 Å². The zero-order chi connectivity index (χ0) is 50.1. The molecule has 0 aliphatic rings. The second-order valence-electron chi connectivity index (χ2n) is 11.9. The molecule has 0 bridgehead atoms. The molecule has 0 N–H and O–H groups in total. The van der Waals surface area contributed by atoms with Crippen molar-refractivity contribution < 1.29 is 29.1 Å². The summed E-state index contributed by atoms with van der Waals surface area (Å²) in [5, 5.41) is 3.76. The first-order chi connectivity index (χ1) is 33.3. The molecule has 0 aliphatic carbocycles. The number of hydrogen-bond donors (Lipinski definition) is 0. The molecule has 0 saturated heterocycles. The molecule has 2 heteroatoms. The zero-order valence-corrected chi connectivity index (χ0v) is 27.0. The lowest BCUT2D eigenvalue weighted by Crippen LogP contribution is -2.10. The minimum Gasteiger partial charge on any atom is -0.455 e. The summed E-state index contributed by atoms with van der Waals surface area (Å²) in [4.78, 5) is 1.06. The van der Waals surface area contributed by atoms with E-state index in [2.05, 4.69) is 0 Å². The molecule has 0 fully saturated rings. The van der Waals surface area contributed by atoms with E-state index in [1.807, 2.05) is 54.6 Å². The summed E-state index contributed by atoms with van der Waals surface area (Å²) in [7, 11) is 0. The van der Waals surface area contributed by atoms with Crippen LogP contribution < -0.4 is 4.90 Å². The van der Waals surface area contributed by atoms with E-state index < -0.39 is 142 Å². The number of hydrogen-bond acceptors (Lipinski definition) is 2. The highest BCUT2D eigenvalue weighted by Crippen LogP contribution is 2.47. The highest BCUT2D eigenvalue weighted by molar-refractivity contribution is 6.23. The highest BCUT2D eigenvalue weighted by Gasteiger charge is 2.22. The third-order valence-electron chi connectivity index (χ3n) is 8.97. The van der Waals surface area contributed by atoms with Crippen molar-refractivity contribution in [3.05, 3.63) is 200 Å². The van der Waals surface area contributed by atoms with Crippen LogP contribution in [0.3, 0.4) is 0 Å². The minimum absolute atomic E-state index is 0.0197. The van der Waals surface area contributed by atoms with Crippen LogP contribution in [0.15, 0.2) is 204 Å². The van der Waals surface area contributed by atoms with Crippen molar-refractivity contribution in [2.24, 2.45) is 0 Å². The van der Waals surface area contributed by atoms with Gasteiger partial charge in [0, 0.05) is 32.9 Å². The molecule has 0 unspecified atom stereocenters. The van der Waals surface area contributed by atoms with Gasteiger partial charge in [0.05, 0.1) is 30.4 Å². The summed E-state index contributed by atoms with van der Waals surface area (Å²) in [6.07, 6.45) is 0. The second kappa shape index (κ2) is 12.5. The predicted molar refractivity (Wildman–Crippen MR) is 220 cm³/mol. The van der Waals surface area contributed by atoms with E-state index in [4.69, 9.17) is 18.1 Å². The molecule has 9 aromatic carbocycles. The van der Waals surface area contributed by atoms with E-state index in [1.165, 1.54) is 0 Å². The van der Waals surface area contributed by atoms with Crippen molar-refractivity contribution in [2.75, 3.05) is 4.90 Å². The largest absolute Gasteiger partial charge is 0.455 e. The van der Waals surface area contributed by atoms with Crippen LogP contribution in [0, 0.1) is 0 Å². The lowest BCUT2D eigenvalue weighted by atomic mass is 9.93. The lowest BCUT2D eigenvalue weighted by molar-refractivity contribution is 0.673. The maximum absolute atomic E-state index is 9.66. The van der Waals surface area contributed by atoms with E-state index >= 15 is 0 Å². The molecule has 52 heavy (non-hydrogen) atoms. The van der Waals surface area contributed by atoms with Crippen molar-refractivity contribution in [2.45, 2.75) is 0 Å². The Labute approximate surface area is 327 Å². The lowest BCUT2D eigenvalue weighted by Gasteiger charge is -2.27. The maximum atomic E-state index is 9.66. The van der Waals surface area contributed by atoms with Gasteiger partial charge in [-0.3, -0.25) is 0 Å². The minimum atomic E-state index is -0.858. The smallest absolute Gasteiger partial charge is 0.143 e. The van der Waals surface area contributed by atoms with Gasteiger partial charge in [0.1, 0.15) is 11.2 Å². The van der Waals surface area contributed by atoms with Gasteiger partial charge < -0.3 is 9.32 Å². The summed E-state index contributed by atoms with van der Waals surface area (Å²) < 4.78 is 167. The fourth-order valence-electron chi connectivity index (χ4n) is 6.69. The number of furan rings is 1. The van der Waals surface area contributed by atoms with Crippen LogP contribution in [0.1, 0.15) is 24.7 Å². The van der Waals surface area contributed by atoms with Gasteiger partial charge >= 0.3 is 0 Å². The van der Waals surface area contributed by atoms with Crippen LogP contribution in [-0.4, -0.2) is 0 Å². The molecule has 0 amide bonds. The zero-order valence-electron chi connectivity index (χ0n) is 45.0. The van der Waals surface area contributed by atoms with Gasteiger partial charge in [-0.05, 0) is 80.5 Å². The molecule has 10 rings (SSSR count). The fraction of sp³-hybridized carbons (Fsp3) is 0. The summed E-state index contributed by atoms with van der Waals surface area (Å²) in [6, 6.07) is 13.1. The van der Waals surface area contributed by atoms with E-state index in [9.17, 15) is 11.0 Å². The Morgan fingerprint density at radius 1 is 0.423 bits per heavy atom. The molecule has 0 saturated carbocycles. The van der Waals surface area contributed by atoms with Crippen molar-refractivity contribution in [1.29, 1.82) is 0 Å². The highest BCUT2D eigenvalue weighted by atomic mass is 16.3. The average molecular weight is 682 g/mol. The fourth-order valence-corrected chi connectivity index (χ4v) is 6.69. The summed E-state index contributed by atoms with van der Waals surface area (Å²) in [5.74, 6) is 0. The average Bonchev–Trinajstić information content (AvgIpc) is 3.75. The van der Waals surface area contributed by atoms with Crippen LogP contribution in [0.2, 0.25) is 0 Å². The van der Waals surface area contributed by atoms with Crippen LogP contribution in [0.25, 0.3) is 76.9 Å². The molecule has 244 valence electrons. The number of rotatable bonds is 6. The van der Waals surface area contributed by atoms with Gasteiger partial charge in [0.25, 0.3) is 0 Å². The topological polar surface area (TPSA) is 16.4 Å². The first-order valence-electron chi connectivity index (χ1n) is 25.3. The van der Waals surface area contributed by atoms with Gasteiger partial charge in [0.2, 0.25) is 0 Å². The Kier molecular flexibility index (Phi) is 4.04. The number of benzene rings is 9. The Hall–Kier alpha value is -6.90. The molecule has 0 aliphatic heterocycles. The van der Waals surface area contributed by atoms with Crippen LogP contribution in [0.4, 0.5) is 17.1 Å². The molecular weight excluding hydrogens is 631 g/mol. The Bertz CT molecular complexity index is 3700. The molecule has 2 nitrogen and oxygen atoms in total. The quantitative estimate of drug-likeness (QED) is 0.174. The molecule has 0 atom stereocenters. The third kappa shape index (κ3) is 5.04. The SMILES string of the molecule is [2H]c1c([2H])c([2H])c(-c2c([2H])c([2H])c(N(c3c([2H])c([2H])c(-c4c([2H])c([2H])c([2H])c([2H])c4[2H])c([2H])c3[2H])c3cc4c(oc5cccc(-c6cccc7ccccc67)c54)c4ccccc34)c([2H])c2[2H])c([2H])c1[2H]. The first kappa shape index (κ1) is 16.9. The van der Waals surface area contributed by atoms with E-state index in [0.29, 0.717) is 32.7 Å². The summed E-state index contributed by atoms with van der Waals surface area (Å²) in [5.41, 5.74) is -1.22. The standard InChI is InChI=1S/C50H33NO/c1-3-13-34(14-4-1)36-25-29-39(30-26-36)51(40-31-27-37(28-32-40)35-15-5-2-6-16-35)47-33-46-49-44(42-22-11-18-38-17-7-8-19-41(38)42)23-12-24-48(49)52-50(46)45-21-10-9-20-43(45)47/h1-33H/i1D,2D,3D,4D,5D,6D,13D,14D,15D,16D,25D,26D,27D,28D,29D,30D,31D,32D. The molecule has 0 spiro atoms. The predicted octanol–water partition coefficient (Wildman–Crippen LogP) is 14.4. The first-order valence-corrected chi connectivity index (χ1v) is 16.3. The Morgan fingerprint density at radius 2 is 0.942 bits per heavy atom. The number of fused-ring (bicyclic) bond motifs is 6. The van der Waals surface area contributed by atoms with Gasteiger partial charge in [-0.2, -0.15) is 0 Å². The monoisotopic (exact) mass is 681 g/mol. The van der Waals surface area contributed by atoms with Gasteiger partial charge in [-0.25, -0.2) is 0 Å². The van der Waals surface area contributed by atoms with Crippen molar-refractivity contribution in [3.63, 3.8) is 0 Å². The van der Waals surface area contributed by atoms with Crippen molar-refractivity contribution >= 4 is 60.5 Å². The number of nitrogens with zero attached hydrogens (tertiary/aromatic N) is 1. The Balaban J connectivity index is 1.37. The van der Waals surface area contributed by atoms with E-state index in [-0.39, 0.29) is 5.69 Å². The van der Waals surface area contributed by atoms with Crippen LogP contribution >= 0.6 is 0 Å². The summed E-state index contributed by atoms with van der Waals surface area (Å²) >= 11 is 0. The van der Waals surface area contributed by atoms with E-state index in [0.717, 1.165) is 26.8 Å². The van der Waals surface area contributed by atoms with Gasteiger partial charge in [0.15, 0.2) is 0 Å². The molecular formula is C50H33NO. The van der Waals surface area contributed by atoms with Crippen molar-refractivity contribution in [3.8, 4) is 33.4 Å². The molecule has 0 radical (unpaired) electrons. The second-order valence-corrected chi connectivity index (χ2v) is 11.9. The molecule has 10 aromatic rings. The third-order valence-corrected chi connectivity index (χ3v) is 8.97.